The lowest BCUT2D eigenvalue weighted by Gasteiger charge is -2.16. The maximum absolute atomic E-state index is 12.4. The zero-order valence-corrected chi connectivity index (χ0v) is 13.8. The van der Waals surface area contributed by atoms with E-state index in [9.17, 15) is 9.59 Å². The number of fused-ring (bicyclic) bond motifs is 1. The van der Waals surface area contributed by atoms with Crippen molar-refractivity contribution in [2.75, 3.05) is 11.9 Å². The Bertz CT molecular complexity index is 750. The number of carbonyl (C=O) groups is 2. The number of nitrogens with one attached hydrogen (secondary N) is 1. The van der Waals surface area contributed by atoms with E-state index in [1.54, 1.807) is 31.2 Å². The molecule has 2 aromatic carbocycles. The van der Waals surface area contributed by atoms with Gasteiger partial charge in [0.05, 0.1) is 12.2 Å². The SMILES string of the molecule is CCOC(=O)c1ccc(NC(=O)c2ccc3c(c2)CCCC3)cc1. The van der Waals surface area contributed by atoms with Crippen LogP contribution in [0.25, 0.3) is 0 Å². The van der Waals surface area contributed by atoms with Crippen LogP contribution in [0.5, 0.6) is 0 Å². The fourth-order valence-corrected chi connectivity index (χ4v) is 2.98. The lowest BCUT2D eigenvalue weighted by Crippen LogP contribution is -2.14. The summed E-state index contributed by atoms with van der Waals surface area (Å²) in [5, 5.41) is 2.87. The fourth-order valence-electron chi connectivity index (χ4n) is 2.98. The third-order valence-electron chi connectivity index (χ3n) is 4.26. The van der Waals surface area contributed by atoms with Crippen molar-refractivity contribution >= 4 is 17.6 Å². The van der Waals surface area contributed by atoms with Crippen LogP contribution in [0, 0.1) is 0 Å². The number of anilines is 1. The highest BCUT2D eigenvalue weighted by Crippen LogP contribution is 2.22. The number of esters is 1. The minimum absolute atomic E-state index is 0.132. The van der Waals surface area contributed by atoms with Gasteiger partial charge in [0.2, 0.25) is 0 Å². The van der Waals surface area contributed by atoms with Crippen LogP contribution in [-0.2, 0) is 17.6 Å². The molecule has 0 spiro atoms. The molecule has 1 aliphatic carbocycles. The van der Waals surface area contributed by atoms with Crippen LogP contribution in [0.1, 0.15) is 51.6 Å². The molecule has 0 aliphatic heterocycles. The standard InChI is InChI=1S/C20H21NO3/c1-2-24-20(23)15-9-11-18(12-10-15)21-19(22)17-8-7-14-5-3-4-6-16(14)13-17/h7-13H,2-6H2,1H3,(H,21,22). The summed E-state index contributed by atoms with van der Waals surface area (Å²) >= 11 is 0. The Hall–Kier alpha value is -2.62. The molecule has 0 bridgehead atoms. The molecular formula is C20H21NO3. The number of amides is 1. The van der Waals surface area contributed by atoms with Crippen molar-refractivity contribution in [2.24, 2.45) is 0 Å². The molecule has 2 aromatic rings. The van der Waals surface area contributed by atoms with Gasteiger partial charge in [0, 0.05) is 11.3 Å². The summed E-state index contributed by atoms with van der Waals surface area (Å²) in [6, 6.07) is 12.7. The largest absolute Gasteiger partial charge is 0.462 e. The number of carbonyl (C=O) groups excluding carboxylic acids is 2. The Kier molecular flexibility index (Phi) is 4.94. The second-order valence-corrected chi connectivity index (χ2v) is 5.94. The molecule has 0 fully saturated rings. The first-order valence-corrected chi connectivity index (χ1v) is 8.37. The number of hydrogen-bond acceptors (Lipinski definition) is 3. The van der Waals surface area contributed by atoms with Crippen molar-refractivity contribution in [3.8, 4) is 0 Å². The number of benzene rings is 2. The van der Waals surface area contributed by atoms with Gasteiger partial charge in [0.25, 0.3) is 5.91 Å². The number of ether oxygens (including phenoxy) is 1. The summed E-state index contributed by atoms with van der Waals surface area (Å²) in [7, 11) is 0. The summed E-state index contributed by atoms with van der Waals surface area (Å²) < 4.78 is 4.94. The van der Waals surface area contributed by atoms with E-state index < -0.39 is 0 Å². The first kappa shape index (κ1) is 16.2. The van der Waals surface area contributed by atoms with Crippen molar-refractivity contribution in [3.05, 3.63) is 64.7 Å². The van der Waals surface area contributed by atoms with Crippen molar-refractivity contribution in [2.45, 2.75) is 32.6 Å². The molecule has 1 amide bonds. The molecule has 0 unspecified atom stereocenters. The van der Waals surface area contributed by atoms with Crippen LogP contribution in [0.3, 0.4) is 0 Å². The molecule has 1 N–H and O–H groups in total. The van der Waals surface area contributed by atoms with E-state index in [2.05, 4.69) is 11.4 Å². The Morgan fingerprint density at radius 3 is 2.33 bits per heavy atom. The Balaban J connectivity index is 1.69. The highest BCUT2D eigenvalue weighted by molar-refractivity contribution is 6.04. The highest BCUT2D eigenvalue weighted by Gasteiger charge is 2.13. The first-order chi connectivity index (χ1) is 11.7. The zero-order valence-electron chi connectivity index (χ0n) is 13.8. The molecule has 3 rings (SSSR count). The van der Waals surface area contributed by atoms with Gasteiger partial charge in [-0.15, -0.1) is 0 Å². The number of hydrogen-bond donors (Lipinski definition) is 1. The molecule has 0 heterocycles. The van der Waals surface area contributed by atoms with E-state index in [-0.39, 0.29) is 11.9 Å². The molecule has 0 radical (unpaired) electrons. The summed E-state index contributed by atoms with van der Waals surface area (Å²) in [5.74, 6) is -0.489. The third-order valence-corrected chi connectivity index (χ3v) is 4.26. The van der Waals surface area contributed by atoms with Crippen LogP contribution in [0.2, 0.25) is 0 Å². The Morgan fingerprint density at radius 1 is 0.958 bits per heavy atom. The lowest BCUT2D eigenvalue weighted by atomic mass is 9.90. The van der Waals surface area contributed by atoms with E-state index in [0.717, 1.165) is 12.8 Å². The van der Waals surface area contributed by atoms with Crippen molar-refractivity contribution in [1.82, 2.24) is 0 Å². The topological polar surface area (TPSA) is 55.4 Å². The quantitative estimate of drug-likeness (QED) is 0.865. The second-order valence-electron chi connectivity index (χ2n) is 5.94. The monoisotopic (exact) mass is 323 g/mol. The molecule has 1 aliphatic rings. The average molecular weight is 323 g/mol. The maximum atomic E-state index is 12.4. The molecule has 0 saturated carbocycles. The number of rotatable bonds is 4. The molecule has 4 heteroatoms. The third kappa shape index (κ3) is 3.65. The van der Waals surface area contributed by atoms with Crippen LogP contribution in [0.4, 0.5) is 5.69 Å². The smallest absolute Gasteiger partial charge is 0.338 e. The Morgan fingerprint density at radius 2 is 1.62 bits per heavy atom. The molecule has 24 heavy (non-hydrogen) atoms. The molecule has 0 atom stereocenters. The predicted molar refractivity (Wildman–Crippen MR) is 93.4 cm³/mol. The predicted octanol–water partition coefficient (Wildman–Crippen LogP) is 3.99. The Labute approximate surface area is 141 Å². The molecule has 0 aromatic heterocycles. The minimum Gasteiger partial charge on any atom is -0.462 e. The molecule has 4 nitrogen and oxygen atoms in total. The van der Waals surface area contributed by atoms with E-state index in [4.69, 9.17) is 4.74 Å². The lowest BCUT2D eigenvalue weighted by molar-refractivity contribution is 0.0526. The molecule has 0 saturated heterocycles. The normalized spacial score (nSPS) is 13.0. The maximum Gasteiger partial charge on any atom is 0.338 e. The van der Waals surface area contributed by atoms with Gasteiger partial charge in [-0.05, 0) is 80.1 Å². The summed E-state index contributed by atoms with van der Waals surface area (Å²) in [6.45, 7) is 2.11. The average Bonchev–Trinajstić information content (AvgIpc) is 2.62. The van der Waals surface area contributed by atoms with E-state index >= 15 is 0 Å². The van der Waals surface area contributed by atoms with Crippen molar-refractivity contribution < 1.29 is 14.3 Å². The van der Waals surface area contributed by atoms with E-state index in [1.807, 2.05) is 12.1 Å². The minimum atomic E-state index is -0.356. The van der Waals surface area contributed by atoms with Crippen LogP contribution in [0.15, 0.2) is 42.5 Å². The van der Waals surface area contributed by atoms with Crippen molar-refractivity contribution in [1.29, 1.82) is 0 Å². The highest BCUT2D eigenvalue weighted by atomic mass is 16.5. The molecular weight excluding hydrogens is 302 g/mol. The van der Waals surface area contributed by atoms with Gasteiger partial charge in [-0.2, -0.15) is 0 Å². The van der Waals surface area contributed by atoms with Gasteiger partial charge >= 0.3 is 5.97 Å². The van der Waals surface area contributed by atoms with E-state index in [0.29, 0.717) is 23.4 Å². The van der Waals surface area contributed by atoms with Gasteiger partial charge in [-0.1, -0.05) is 6.07 Å². The van der Waals surface area contributed by atoms with Crippen LogP contribution < -0.4 is 5.32 Å². The van der Waals surface area contributed by atoms with Gasteiger partial charge in [0.15, 0.2) is 0 Å². The molecule has 124 valence electrons. The summed E-state index contributed by atoms with van der Waals surface area (Å²) in [5.41, 5.74) is 4.45. The van der Waals surface area contributed by atoms with E-state index in [1.165, 1.54) is 24.0 Å². The van der Waals surface area contributed by atoms with Crippen molar-refractivity contribution in [3.63, 3.8) is 0 Å². The van der Waals surface area contributed by atoms with Crippen LogP contribution in [-0.4, -0.2) is 18.5 Å². The van der Waals surface area contributed by atoms with Gasteiger partial charge in [-0.3, -0.25) is 4.79 Å². The first-order valence-electron chi connectivity index (χ1n) is 8.37. The fraction of sp³-hybridized carbons (Fsp3) is 0.300. The summed E-state index contributed by atoms with van der Waals surface area (Å²) in [4.78, 5) is 24.0. The second kappa shape index (κ2) is 7.30. The number of aryl methyl sites for hydroxylation is 2. The van der Waals surface area contributed by atoms with Gasteiger partial charge in [-0.25, -0.2) is 4.79 Å². The van der Waals surface area contributed by atoms with Crippen LogP contribution >= 0.6 is 0 Å². The van der Waals surface area contributed by atoms with Gasteiger partial charge in [0.1, 0.15) is 0 Å². The summed E-state index contributed by atoms with van der Waals surface area (Å²) in [6.07, 6.45) is 4.57. The zero-order chi connectivity index (χ0) is 16.9. The van der Waals surface area contributed by atoms with Gasteiger partial charge < -0.3 is 10.1 Å².